The highest BCUT2D eigenvalue weighted by Gasteiger charge is 2.33. The monoisotopic (exact) mass is 428 g/mol. The zero-order valence-corrected chi connectivity index (χ0v) is 19.2. The molecule has 4 nitrogen and oxygen atoms in total. The van der Waals surface area contributed by atoms with Crippen LogP contribution in [0, 0.1) is 19.8 Å². The summed E-state index contributed by atoms with van der Waals surface area (Å²) in [5.74, 6) is 0.835. The van der Waals surface area contributed by atoms with Gasteiger partial charge in [-0.1, -0.05) is 48.5 Å². The maximum Gasteiger partial charge on any atom is 0.228 e. The van der Waals surface area contributed by atoms with Gasteiger partial charge in [0, 0.05) is 24.8 Å². The van der Waals surface area contributed by atoms with Crippen molar-refractivity contribution in [3.8, 4) is 5.75 Å². The standard InChI is InChI=1S/C28H32N2O2/c1-20-9-10-22(17-21(20)2)18-30-19-24(11-16-27(30)23-7-5-4-6-8-23)28(31)29-25-12-14-26(32-3)15-13-25/h4-10,12-15,17,24,27H,11,16,18-19H2,1-3H3,(H,29,31). The number of amides is 1. The number of rotatable bonds is 6. The van der Waals surface area contributed by atoms with Crippen LogP contribution in [0.5, 0.6) is 5.75 Å². The second-order valence-electron chi connectivity index (χ2n) is 8.77. The van der Waals surface area contributed by atoms with Crippen molar-refractivity contribution >= 4 is 11.6 Å². The third-order valence-corrected chi connectivity index (χ3v) is 6.55. The van der Waals surface area contributed by atoms with Crippen LogP contribution in [0.25, 0.3) is 0 Å². The molecule has 4 rings (SSSR count). The molecular weight excluding hydrogens is 396 g/mol. The normalized spacial score (nSPS) is 18.8. The summed E-state index contributed by atoms with van der Waals surface area (Å²) in [5.41, 5.74) is 6.05. The largest absolute Gasteiger partial charge is 0.497 e. The molecular formula is C28H32N2O2. The SMILES string of the molecule is COc1ccc(NC(=O)C2CCC(c3ccccc3)N(Cc3ccc(C)c(C)c3)C2)cc1. The molecule has 1 N–H and O–H groups in total. The summed E-state index contributed by atoms with van der Waals surface area (Å²) in [6, 6.07) is 25.2. The summed E-state index contributed by atoms with van der Waals surface area (Å²) >= 11 is 0. The first-order valence-corrected chi connectivity index (χ1v) is 11.3. The number of nitrogens with one attached hydrogen (secondary N) is 1. The molecule has 1 amide bonds. The van der Waals surface area contributed by atoms with E-state index >= 15 is 0 Å². The highest BCUT2D eigenvalue weighted by Crippen LogP contribution is 2.35. The molecule has 1 aliphatic heterocycles. The predicted octanol–water partition coefficient (Wildman–Crippen LogP) is 5.90. The van der Waals surface area contributed by atoms with Crippen molar-refractivity contribution < 1.29 is 9.53 Å². The van der Waals surface area contributed by atoms with Crippen LogP contribution in [0.15, 0.2) is 72.8 Å². The minimum absolute atomic E-state index is 0.0383. The molecule has 0 spiro atoms. The van der Waals surface area contributed by atoms with Gasteiger partial charge >= 0.3 is 0 Å². The third-order valence-electron chi connectivity index (χ3n) is 6.55. The highest BCUT2D eigenvalue weighted by molar-refractivity contribution is 5.92. The summed E-state index contributed by atoms with van der Waals surface area (Å²) in [6.07, 6.45) is 1.85. The smallest absolute Gasteiger partial charge is 0.228 e. The Morgan fingerprint density at radius 2 is 1.72 bits per heavy atom. The Balaban J connectivity index is 1.51. The first kappa shape index (κ1) is 22.1. The minimum Gasteiger partial charge on any atom is -0.497 e. The lowest BCUT2D eigenvalue weighted by Gasteiger charge is -2.39. The van der Waals surface area contributed by atoms with Crippen molar-refractivity contribution in [2.45, 2.75) is 39.3 Å². The minimum atomic E-state index is -0.0383. The molecule has 4 heteroatoms. The van der Waals surface area contributed by atoms with E-state index in [2.05, 4.69) is 72.6 Å². The Hall–Kier alpha value is -3.11. The number of hydrogen-bond donors (Lipinski definition) is 1. The number of methoxy groups -OCH3 is 1. The van der Waals surface area contributed by atoms with Crippen LogP contribution >= 0.6 is 0 Å². The molecule has 0 aromatic heterocycles. The number of anilines is 1. The maximum atomic E-state index is 13.1. The summed E-state index contributed by atoms with van der Waals surface area (Å²) < 4.78 is 5.21. The number of carbonyl (C=O) groups is 1. The molecule has 166 valence electrons. The van der Waals surface area contributed by atoms with E-state index in [0.29, 0.717) is 6.04 Å². The second-order valence-corrected chi connectivity index (χ2v) is 8.77. The van der Waals surface area contributed by atoms with E-state index in [4.69, 9.17) is 4.74 Å². The van der Waals surface area contributed by atoms with Crippen LogP contribution < -0.4 is 10.1 Å². The molecule has 2 atom stereocenters. The van der Waals surface area contributed by atoms with Gasteiger partial charge < -0.3 is 10.1 Å². The number of aryl methyl sites for hydroxylation is 2. The van der Waals surface area contributed by atoms with Gasteiger partial charge in [0.2, 0.25) is 5.91 Å². The Bertz CT molecular complexity index is 1050. The van der Waals surface area contributed by atoms with E-state index in [1.54, 1.807) is 7.11 Å². The number of likely N-dealkylation sites (tertiary alicyclic amines) is 1. The van der Waals surface area contributed by atoms with E-state index in [-0.39, 0.29) is 11.8 Å². The lowest BCUT2D eigenvalue weighted by molar-refractivity contribution is -0.122. The summed E-state index contributed by atoms with van der Waals surface area (Å²) in [5, 5.41) is 3.10. The summed E-state index contributed by atoms with van der Waals surface area (Å²) in [4.78, 5) is 15.6. The highest BCUT2D eigenvalue weighted by atomic mass is 16.5. The van der Waals surface area contributed by atoms with Gasteiger partial charge in [-0.2, -0.15) is 0 Å². The molecule has 3 aromatic rings. The van der Waals surface area contributed by atoms with Crippen LogP contribution in [0.2, 0.25) is 0 Å². The quantitative estimate of drug-likeness (QED) is 0.531. The molecule has 1 aliphatic rings. The summed E-state index contributed by atoms with van der Waals surface area (Å²) in [7, 11) is 1.64. The Morgan fingerprint density at radius 3 is 2.41 bits per heavy atom. The number of nitrogens with zero attached hydrogens (tertiary/aromatic N) is 1. The van der Waals surface area contributed by atoms with Crippen LogP contribution in [0.3, 0.4) is 0 Å². The van der Waals surface area contributed by atoms with Gasteiger partial charge in [-0.25, -0.2) is 0 Å². The Labute approximate surface area is 191 Å². The average molecular weight is 429 g/mol. The molecule has 3 aromatic carbocycles. The second kappa shape index (κ2) is 10.0. The first-order valence-electron chi connectivity index (χ1n) is 11.3. The zero-order valence-electron chi connectivity index (χ0n) is 19.2. The van der Waals surface area contributed by atoms with Crippen LogP contribution in [0.4, 0.5) is 5.69 Å². The fourth-order valence-electron chi connectivity index (χ4n) is 4.54. The Kier molecular flexibility index (Phi) is 6.91. The molecule has 0 bridgehead atoms. The number of piperidine rings is 1. The molecule has 1 saturated heterocycles. The third kappa shape index (κ3) is 5.20. The summed E-state index contributed by atoms with van der Waals surface area (Å²) in [6.45, 7) is 5.89. The van der Waals surface area contributed by atoms with Gasteiger partial charge in [-0.3, -0.25) is 9.69 Å². The fourth-order valence-corrected chi connectivity index (χ4v) is 4.54. The van der Waals surface area contributed by atoms with Gasteiger partial charge in [0.1, 0.15) is 5.75 Å². The van der Waals surface area contributed by atoms with E-state index in [1.807, 2.05) is 24.3 Å². The van der Waals surface area contributed by atoms with E-state index in [9.17, 15) is 4.79 Å². The number of hydrogen-bond acceptors (Lipinski definition) is 3. The van der Waals surface area contributed by atoms with Gasteiger partial charge in [0.25, 0.3) is 0 Å². The van der Waals surface area contributed by atoms with Crippen molar-refractivity contribution in [3.63, 3.8) is 0 Å². The number of ether oxygens (including phenoxy) is 1. The van der Waals surface area contributed by atoms with Gasteiger partial charge in [-0.05, 0) is 73.2 Å². The Morgan fingerprint density at radius 1 is 0.969 bits per heavy atom. The topological polar surface area (TPSA) is 41.6 Å². The molecule has 1 heterocycles. The van der Waals surface area contributed by atoms with E-state index in [1.165, 1.54) is 22.3 Å². The van der Waals surface area contributed by atoms with Crippen molar-refractivity contribution in [1.29, 1.82) is 0 Å². The lowest BCUT2D eigenvalue weighted by atomic mass is 9.88. The number of benzene rings is 3. The molecule has 0 aliphatic carbocycles. The van der Waals surface area contributed by atoms with Gasteiger partial charge in [0.05, 0.1) is 13.0 Å². The lowest BCUT2D eigenvalue weighted by Crippen LogP contribution is -2.42. The van der Waals surface area contributed by atoms with Crippen molar-refractivity contribution in [3.05, 3.63) is 95.1 Å². The maximum absolute atomic E-state index is 13.1. The van der Waals surface area contributed by atoms with Crippen LogP contribution in [0.1, 0.15) is 41.1 Å². The van der Waals surface area contributed by atoms with E-state index < -0.39 is 0 Å². The average Bonchev–Trinajstić information content (AvgIpc) is 2.82. The van der Waals surface area contributed by atoms with Crippen molar-refractivity contribution in [1.82, 2.24) is 4.90 Å². The van der Waals surface area contributed by atoms with Crippen LogP contribution in [-0.4, -0.2) is 24.5 Å². The molecule has 1 fully saturated rings. The van der Waals surface area contributed by atoms with Gasteiger partial charge in [0.15, 0.2) is 0 Å². The van der Waals surface area contributed by atoms with Crippen molar-refractivity contribution in [2.75, 3.05) is 19.0 Å². The fraction of sp³-hybridized carbons (Fsp3) is 0.321. The predicted molar refractivity (Wildman–Crippen MR) is 130 cm³/mol. The molecule has 0 saturated carbocycles. The first-order chi connectivity index (χ1) is 15.5. The zero-order chi connectivity index (χ0) is 22.5. The van der Waals surface area contributed by atoms with Gasteiger partial charge in [-0.15, -0.1) is 0 Å². The van der Waals surface area contributed by atoms with Crippen molar-refractivity contribution in [2.24, 2.45) is 5.92 Å². The molecule has 2 unspecified atom stereocenters. The van der Waals surface area contributed by atoms with Crippen LogP contribution in [-0.2, 0) is 11.3 Å². The molecule has 32 heavy (non-hydrogen) atoms. The molecule has 0 radical (unpaired) electrons. The number of carbonyl (C=O) groups excluding carboxylic acids is 1. The van der Waals surface area contributed by atoms with E-state index in [0.717, 1.165) is 37.4 Å².